The third kappa shape index (κ3) is 4.64. The minimum atomic E-state index is -0.244. The van der Waals surface area contributed by atoms with Gasteiger partial charge in [0, 0.05) is 24.7 Å². The van der Waals surface area contributed by atoms with Crippen LogP contribution in [0.1, 0.15) is 6.42 Å². The van der Waals surface area contributed by atoms with Crippen LogP contribution in [0.4, 0.5) is 0 Å². The van der Waals surface area contributed by atoms with Crippen LogP contribution in [-0.4, -0.2) is 50.3 Å². The predicted octanol–water partition coefficient (Wildman–Crippen LogP) is 1.00. The normalized spacial score (nSPS) is 22.4. The Labute approximate surface area is 94.8 Å². The van der Waals surface area contributed by atoms with E-state index in [4.69, 9.17) is 16.3 Å². The van der Waals surface area contributed by atoms with E-state index in [1.165, 1.54) is 7.11 Å². The molecule has 0 bridgehead atoms. The van der Waals surface area contributed by atoms with Crippen molar-refractivity contribution in [3.05, 3.63) is 11.6 Å². The lowest BCUT2D eigenvalue weighted by atomic mass is 10.2. The van der Waals surface area contributed by atoms with Crippen molar-refractivity contribution in [1.82, 2.24) is 4.90 Å². The first-order chi connectivity index (χ1) is 7.11. The van der Waals surface area contributed by atoms with Crippen molar-refractivity contribution in [1.29, 1.82) is 0 Å². The Morgan fingerprint density at radius 2 is 2.47 bits per heavy atom. The van der Waals surface area contributed by atoms with Crippen molar-refractivity contribution >= 4 is 17.6 Å². The first kappa shape index (κ1) is 12.5. The number of methoxy groups -OCH3 is 1. The van der Waals surface area contributed by atoms with Gasteiger partial charge in [0.1, 0.15) is 0 Å². The summed E-state index contributed by atoms with van der Waals surface area (Å²) < 4.78 is 10.0. The van der Waals surface area contributed by atoms with Crippen LogP contribution in [0.5, 0.6) is 0 Å². The maximum absolute atomic E-state index is 11.0. The first-order valence-corrected chi connectivity index (χ1v) is 5.23. The van der Waals surface area contributed by atoms with E-state index in [0.29, 0.717) is 31.1 Å². The number of carbonyl (C=O) groups excluding carboxylic acids is 1. The van der Waals surface area contributed by atoms with Crippen LogP contribution in [0.15, 0.2) is 11.6 Å². The molecule has 0 aromatic carbocycles. The van der Waals surface area contributed by atoms with Crippen LogP contribution >= 0.6 is 11.6 Å². The van der Waals surface area contributed by atoms with Crippen LogP contribution in [0, 0.1) is 0 Å². The molecule has 0 radical (unpaired) electrons. The molecule has 1 heterocycles. The molecule has 5 heteroatoms. The Balaban J connectivity index is 2.35. The zero-order chi connectivity index (χ0) is 11.3. The highest BCUT2D eigenvalue weighted by Gasteiger charge is 2.23. The second-order valence-electron chi connectivity index (χ2n) is 3.53. The molecule has 0 aromatic heterocycles. The Morgan fingerprint density at radius 3 is 3.07 bits per heavy atom. The summed E-state index contributed by atoms with van der Waals surface area (Å²) in [4.78, 5) is 13.2. The zero-order valence-corrected chi connectivity index (χ0v) is 9.63. The number of hydrogen-bond donors (Lipinski definition) is 0. The van der Waals surface area contributed by atoms with Crippen molar-refractivity contribution in [3.8, 4) is 0 Å². The standard InChI is InChI=1S/C10H16ClNO3/c1-8(11)6-12-3-4-15-9(7-12)5-10(13)14-2/h9H,1,3-7H2,2H3. The molecule has 1 aliphatic rings. The largest absolute Gasteiger partial charge is 0.469 e. The summed E-state index contributed by atoms with van der Waals surface area (Å²) in [6.07, 6.45) is 0.198. The zero-order valence-electron chi connectivity index (χ0n) is 8.87. The number of esters is 1. The monoisotopic (exact) mass is 233 g/mol. The van der Waals surface area contributed by atoms with E-state index in [1.54, 1.807) is 0 Å². The SMILES string of the molecule is C=C(Cl)CN1CCOC(CC(=O)OC)C1. The molecule has 1 unspecified atom stereocenters. The molecule has 1 fully saturated rings. The van der Waals surface area contributed by atoms with E-state index in [1.807, 2.05) is 0 Å². The summed E-state index contributed by atoms with van der Waals surface area (Å²) in [5, 5.41) is 0.605. The van der Waals surface area contributed by atoms with Crippen LogP contribution in [0.25, 0.3) is 0 Å². The van der Waals surface area contributed by atoms with Gasteiger partial charge >= 0.3 is 5.97 Å². The molecule has 0 amide bonds. The molecule has 86 valence electrons. The number of ether oxygens (including phenoxy) is 2. The molecule has 0 saturated carbocycles. The van der Waals surface area contributed by atoms with E-state index in [2.05, 4.69) is 16.2 Å². The fraction of sp³-hybridized carbons (Fsp3) is 0.700. The summed E-state index contributed by atoms with van der Waals surface area (Å²) in [6.45, 7) is 6.42. The minimum Gasteiger partial charge on any atom is -0.469 e. The van der Waals surface area contributed by atoms with E-state index in [9.17, 15) is 4.79 Å². The molecule has 1 aliphatic heterocycles. The molecule has 1 atom stereocenters. The van der Waals surface area contributed by atoms with Crippen molar-refractivity contribution in [2.24, 2.45) is 0 Å². The Kier molecular flexibility index (Phi) is 5.08. The van der Waals surface area contributed by atoms with Gasteiger partial charge in [-0.25, -0.2) is 0 Å². The molecular formula is C10H16ClNO3. The lowest BCUT2D eigenvalue weighted by Crippen LogP contribution is -2.43. The number of nitrogens with zero attached hydrogens (tertiary/aromatic N) is 1. The highest BCUT2D eigenvalue weighted by atomic mass is 35.5. The second-order valence-corrected chi connectivity index (χ2v) is 4.06. The van der Waals surface area contributed by atoms with E-state index >= 15 is 0 Å². The highest BCUT2D eigenvalue weighted by Crippen LogP contribution is 2.11. The lowest BCUT2D eigenvalue weighted by Gasteiger charge is -2.32. The average Bonchev–Trinajstić information content (AvgIpc) is 2.17. The molecule has 1 rings (SSSR count). The number of morpholine rings is 1. The van der Waals surface area contributed by atoms with Gasteiger partial charge in [-0.05, 0) is 0 Å². The van der Waals surface area contributed by atoms with E-state index < -0.39 is 0 Å². The Bertz CT molecular complexity index is 245. The Morgan fingerprint density at radius 1 is 1.73 bits per heavy atom. The number of carbonyl (C=O) groups is 1. The molecular weight excluding hydrogens is 218 g/mol. The smallest absolute Gasteiger partial charge is 0.308 e. The van der Waals surface area contributed by atoms with Gasteiger partial charge in [0.25, 0.3) is 0 Å². The molecule has 0 aliphatic carbocycles. The van der Waals surface area contributed by atoms with Crippen molar-refractivity contribution < 1.29 is 14.3 Å². The highest BCUT2D eigenvalue weighted by molar-refractivity contribution is 6.29. The molecule has 15 heavy (non-hydrogen) atoms. The number of hydrogen-bond acceptors (Lipinski definition) is 4. The van der Waals surface area contributed by atoms with Gasteiger partial charge in [0.05, 0.1) is 26.2 Å². The Hall–Kier alpha value is -0.580. The maximum Gasteiger partial charge on any atom is 0.308 e. The maximum atomic E-state index is 11.0. The van der Waals surface area contributed by atoms with Gasteiger partial charge in [-0.2, -0.15) is 0 Å². The molecule has 1 saturated heterocycles. The van der Waals surface area contributed by atoms with Gasteiger partial charge in [-0.3, -0.25) is 9.69 Å². The van der Waals surface area contributed by atoms with Gasteiger partial charge in [0.2, 0.25) is 0 Å². The molecule has 4 nitrogen and oxygen atoms in total. The summed E-state index contributed by atoms with van der Waals surface area (Å²) >= 11 is 5.72. The number of rotatable bonds is 4. The summed E-state index contributed by atoms with van der Waals surface area (Å²) in [7, 11) is 1.38. The first-order valence-electron chi connectivity index (χ1n) is 4.86. The van der Waals surface area contributed by atoms with Crippen molar-refractivity contribution in [2.45, 2.75) is 12.5 Å². The van der Waals surface area contributed by atoms with E-state index in [0.717, 1.165) is 6.54 Å². The van der Waals surface area contributed by atoms with Gasteiger partial charge in [-0.15, -0.1) is 0 Å². The molecule has 0 N–H and O–H groups in total. The van der Waals surface area contributed by atoms with Crippen LogP contribution in [-0.2, 0) is 14.3 Å². The van der Waals surface area contributed by atoms with Crippen LogP contribution in [0.2, 0.25) is 0 Å². The van der Waals surface area contributed by atoms with Gasteiger partial charge < -0.3 is 9.47 Å². The van der Waals surface area contributed by atoms with Crippen molar-refractivity contribution in [3.63, 3.8) is 0 Å². The number of halogens is 1. The van der Waals surface area contributed by atoms with E-state index in [-0.39, 0.29) is 12.1 Å². The topological polar surface area (TPSA) is 38.8 Å². The lowest BCUT2D eigenvalue weighted by molar-refractivity contribution is -0.145. The second kappa shape index (κ2) is 6.10. The third-order valence-electron chi connectivity index (χ3n) is 2.24. The van der Waals surface area contributed by atoms with Crippen LogP contribution < -0.4 is 0 Å². The van der Waals surface area contributed by atoms with Crippen molar-refractivity contribution in [2.75, 3.05) is 33.4 Å². The quantitative estimate of drug-likeness (QED) is 0.680. The summed E-state index contributed by atoms with van der Waals surface area (Å²) in [5.74, 6) is -0.244. The molecule has 0 spiro atoms. The predicted molar refractivity (Wildman–Crippen MR) is 57.8 cm³/mol. The van der Waals surface area contributed by atoms with Gasteiger partial charge in [-0.1, -0.05) is 18.2 Å². The fourth-order valence-electron chi connectivity index (χ4n) is 1.56. The average molecular weight is 234 g/mol. The third-order valence-corrected chi connectivity index (χ3v) is 2.36. The summed E-state index contributed by atoms with van der Waals surface area (Å²) in [5.41, 5.74) is 0. The fourth-order valence-corrected chi connectivity index (χ4v) is 1.73. The summed E-state index contributed by atoms with van der Waals surface area (Å²) in [6, 6.07) is 0. The van der Waals surface area contributed by atoms with Crippen LogP contribution in [0.3, 0.4) is 0 Å². The molecule has 0 aromatic rings. The minimum absolute atomic E-state index is 0.0952. The van der Waals surface area contributed by atoms with Gasteiger partial charge in [0.15, 0.2) is 0 Å².